The van der Waals surface area contributed by atoms with Crippen LogP contribution < -0.4 is 16.4 Å². The highest BCUT2D eigenvalue weighted by atomic mass is 16.2. The van der Waals surface area contributed by atoms with Crippen LogP contribution in [0.15, 0.2) is 24.3 Å². The summed E-state index contributed by atoms with van der Waals surface area (Å²) in [4.78, 5) is 12.0. The van der Waals surface area contributed by atoms with Crippen LogP contribution >= 0.6 is 0 Å². The van der Waals surface area contributed by atoms with Crippen LogP contribution in [0.4, 0.5) is 16.2 Å². The average Bonchev–Trinajstić information content (AvgIpc) is 2.39. The van der Waals surface area contributed by atoms with Gasteiger partial charge in [-0.3, -0.25) is 0 Å². The minimum absolute atomic E-state index is 0.129. The number of amides is 2. The summed E-state index contributed by atoms with van der Waals surface area (Å²) in [6.07, 6.45) is 5.93. The lowest BCUT2D eigenvalue weighted by Crippen LogP contribution is -2.43. The van der Waals surface area contributed by atoms with Crippen LogP contribution in [0.2, 0.25) is 0 Å². The summed E-state index contributed by atoms with van der Waals surface area (Å²) in [5, 5.41) is 5.94. The fourth-order valence-corrected chi connectivity index (χ4v) is 2.84. The third-order valence-electron chi connectivity index (χ3n) is 3.89. The molecule has 0 heterocycles. The number of nitrogen functional groups attached to an aromatic ring is 1. The van der Waals surface area contributed by atoms with Gasteiger partial charge in [-0.2, -0.15) is 0 Å². The molecule has 2 unspecified atom stereocenters. The van der Waals surface area contributed by atoms with E-state index in [1.165, 1.54) is 19.3 Å². The third-order valence-corrected chi connectivity index (χ3v) is 3.89. The molecule has 1 aliphatic rings. The summed E-state index contributed by atoms with van der Waals surface area (Å²) in [5.41, 5.74) is 7.08. The molecule has 0 spiro atoms. The van der Waals surface area contributed by atoms with Crippen molar-refractivity contribution in [1.82, 2.24) is 5.32 Å². The van der Waals surface area contributed by atoms with Crippen LogP contribution in [0.5, 0.6) is 0 Å². The molecular weight excluding hydrogens is 238 g/mol. The van der Waals surface area contributed by atoms with Gasteiger partial charge in [-0.25, -0.2) is 4.79 Å². The number of rotatable bonds is 3. The second-order valence-electron chi connectivity index (χ2n) is 5.28. The molecule has 2 rings (SSSR count). The van der Waals surface area contributed by atoms with Gasteiger partial charge in [0.1, 0.15) is 0 Å². The molecule has 0 saturated heterocycles. The van der Waals surface area contributed by atoms with Crippen molar-refractivity contribution in [3.8, 4) is 0 Å². The van der Waals surface area contributed by atoms with Gasteiger partial charge < -0.3 is 16.4 Å². The number of anilines is 2. The summed E-state index contributed by atoms with van der Waals surface area (Å²) in [6.45, 7) is 2.19. The van der Waals surface area contributed by atoms with E-state index in [2.05, 4.69) is 17.6 Å². The number of carbonyl (C=O) groups is 1. The average molecular weight is 261 g/mol. The molecule has 1 aromatic rings. The second-order valence-corrected chi connectivity index (χ2v) is 5.28. The zero-order valence-electron chi connectivity index (χ0n) is 11.5. The Bertz CT molecular complexity index is 433. The van der Waals surface area contributed by atoms with Gasteiger partial charge in [-0.15, -0.1) is 0 Å². The van der Waals surface area contributed by atoms with Crippen LogP contribution in [0, 0.1) is 5.92 Å². The highest BCUT2D eigenvalue weighted by Crippen LogP contribution is 2.26. The summed E-state index contributed by atoms with van der Waals surface area (Å²) >= 11 is 0. The molecule has 0 aromatic heterocycles. The van der Waals surface area contributed by atoms with Crippen molar-refractivity contribution in [2.75, 3.05) is 11.1 Å². The Balaban J connectivity index is 1.90. The van der Waals surface area contributed by atoms with E-state index >= 15 is 0 Å². The van der Waals surface area contributed by atoms with Gasteiger partial charge in [0.2, 0.25) is 0 Å². The Morgan fingerprint density at radius 1 is 1.37 bits per heavy atom. The van der Waals surface area contributed by atoms with E-state index < -0.39 is 0 Å². The number of hydrogen-bond acceptors (Lipinski definition) is 2. The Hall–Kier alpha value is -1.71. The van der Waals surface area contributed by atoms with Crippen LogP contribution in [0.3, 0.4) is 0 Å². The Kier molecular flexibility index (Phi) is 4.66. The maximum Gasteiger partial charge on any atom is 0.319 e. The first-order valence-electron chi connectivity index (χ1n) is 7.12. The van der Waals surface area contributed by atoms with Crippen LogP contribution in [0.1, 0.15) is 39.0 Å². The molecule has 2 amide bonds. The topological polar surface area (TPSA) is 67.2 Å². The Morgan fingerprint density at radius 2 is 2.16 bits per heavy atom. The second kappa shape index (κ2) is 6.45. The van der Waals surface area contributed by atoms with E-state index in [4.69, 9.17) is 5.73 Å². The first-order chi connectivity index (χ1) is 9.19. The first-order valence-corrected chi connectivity index (χ1v) is 7.12. The Morgan fingerprint density at radius 3 is 2.89 bits per heavy atom. The molecule has 19 heavy (non-hydrogen) atoms. The molecule has 0 aliphatic heterocycles. The van der Waals surface area contributed by atoms with Crippen LogP contribution in [-0.2, 0) is 0 Å². The predicted molar refractivity (Wildman–Crippen MR) is 79.0 cm³/mol. The summed E-state index contributed by atoms with van der Waals surface area (Å²) in [7, 11) is 0. The van der Waals surface area contributed by atoms with Gasteiger partial charge >= 0.3 is 6.03 Å². The number of hydrogen-bond donors (Lipinski definition) is 3. The van der Waals surface area contributed by atoms with Gasteiger partial charge in [0.25, 0.3) is 0 Å². The van der Waals surface area contributed by atoms with Crippen LogP contribution in [-0.4, -0.2) is 12.1 Å². The number of nitrogens with one attached hydrogen (secondary N) is 2. The minimum Gasteiger partial charge on any atom is -0.399 e. The van der Waals surface area contributed by atoms with Gasteiger partial charge in [0, 0.05) is 17.4 Å². The maximum absolute atomic E-state index is 12.0. The van der Waals surface area contributed by atoms with Crippen molar-refractivity contribution >= 4 is 17.4 Å². The molecule has 1 fully saturated rings. The van der Waals surface area contributed by atoms with E-state index in [-0.39, 0.29) is 6.03 Å². The molecule has 1 aromatic carbocycles. The van der Waals surface area contributed by atoms with Crippen LogP contribution in [0.25, 0.3) is 0 Å². The van der Waals surface area contributed by atoms with Crippen molar-refractivity contribution in [1.29, 1.82) is 0 Å². The van der Waals surface area contributed by atoms with Gasteiger partial charge in [-0.05, 0) is 37.0 Å². The van der Waals surface area contributed by atoms with Gasteiger partial charge in [-0.1, -0.05) is 32.3 Å². The van der Waals surface area contributed by atoms with E-state index in [0.717, 1.165) is 18.5 Å². The van der Waals surface area contributed by atoms with Crippen molar-refractivity contribution in [2.24, 2.45) is 5.92 Å². The fourth-order valence-electron chi connectivity index (χ4n) is 2.84. The molecule has 4 heteroatoms. The van der Waals surface area contributed by atoms with E-state index in [1.54, 1.807) is 12.1 Å². The van der Waals surface area contributed by atoms with E-state index in [1.807, 2.05) is 12.1 Å². The molecule has 104 valence electrons. The quantitative estimate of drug-likeness (QED) is 0.730. The lowest BCUT2D eigenvalue weighted by molar-refractivity contribution is 0.226. The zero-order valence-corrected chi connectivity index (χ0v) is 11.5. The molecule has 4 nitrogen and oxygen atoms in total. The normalized spacial score (nSPS) is 22.8. The lowest BCUT2D eigenvalue weighted by atomic mass is 9.83. The third kappa shape index (κ3) is 3.88. The van der Waals surface area contributed by atoms with Crippen molar-refractivity contribution in [3.63, 3.8) is 0 Å². The summed E-state index contributed by atoms with van der Waals surface area (Å²) in [6, 6.07) is 7.42. The van der Waals surface area contributed by atoms with Crippen molar-refractivity contribution in [3.05, 3.63) is 24.3 Å². The first kappa shape index (κ1) is 13.7. The number of carbonyl (C=O) groups excluding carboxylic acids is 1. The maximum atomic E-state index is 12.0. The lowest BCUT2D eigenvalue weighted by Gasteiger charge is -2.31. The molecule has 0 bridgehead atoms. The Labute approximate surface area is 114 Å². The van der Waals surface area contributed by atoms with Crippen molar-refractivity contribution < 1.29 is 4.79 Å². The largest absolute Gasteiger partial charge is 0.399 e. The summed E-state index contributed by atoms with van der Waals surface area (Å²) in [5.74, 6) is 0.611. The number of nitrogens with two attached hydrogens (primary N) is 1. The molecule has 4 N–H and O–H groups in total. The fraction of sp³-hybridized carbons (Fsp3) is 0.533. The highest BCUT2D eigenvalue weighted by molar-refractivity contribution is 5.89. The highest BCUT2D eigenvalue weighted by Gasteiger charge is 2.24. The summed E-state index contributed by atoms with van der Waals surface area (Å²) < 4.78 is 0. The van der Waals surface area contributed by atoms with Gasteiger partial charge in [0.05, 0.1) is 0 Å². The number of benzene rings is 1. The number of urea groups is 1. The van der Waals surface area contributed by atoms with E-state index in [0.29, 0.717) is 17.6 Å². The minimum atomic E-state index is -0.129. The standard InChI is InChI=1S/C15H23N3O/c1-2-11-6-3-4-9-14(11)18-15(19)17-13-8-5-7-12(16)10-13/h5,7-8,10-11,14H,2-4,6,9,16H2,1H3,(H2,17,18,19). The molecule has 1 saturated carbocycles. The van der Waals surface area contributed by atoms with Crippen molar-refractivity contribution in [2.45, 2.75) is 45.1 Å². The van der Waals surface area contributed by atoms with E-state index in [9.17, 15) is 4.79 Å². The molecule has 1 aliphatic carbocycles. The molecule has 2 atom stereocenters. The molecular formula is C15H23N3O. The zero-order chi connectivity index (χ0) is 13.7. The smallest absolute Gasteiger partial charge is 0.319 e. The van der Waals surface area contributed by atoms with Gasteiger partial charge in [0.15, 0.2) is 0 Å². The molecule has 0 radical (unpaired) electrons. The predicted octanol–water partition coefficient (Wildman–Crippen LogP) is 3.36. The SMILES string of the molecule is CCC1CCCCC1NC(=O)Nc1cccc(N)c1. The monoisotopic (exact) mass is 261 g/mol.